The van der Waals surface area contributed by atoms with Crippen molar-refractivity contribution in [3.8, 4) is 5.75 Å². The van der Waals surface area contributed by atoms with Gasteiger partial charge in [0, 0.05) is 10.6 Å². The third-order valence-electron chi connectivity index (χ3n) is 3.49. The summed E-state index contributed by atoms with van der Waals surface area (Å²) in [5, 5.41) is 12.2. The Morgan fingerprint density at radius 3 is 2.75 bits per heavy atom. The molecule has 2 N–H and O–H groups in total. The summed E-state index contributed by atoms with van der Waals surface area (Å²) in [5.74, 6) is -0.743. The number of rotatable bonds is 3. The zero-order valence-electron chi connectivity index (χ0n) is 10.5. The van der Waals surface area contributed by atoms with Gasteiger partial charge in [0.05, 0.1) is 5.57 Å². The van der Waals surface area contributed by atoms with Crippen LogP contribution in [0.1, 0.15) is 18.4 Å². The maximum absolute atomic E-state index is 12.1. The average molecular weight is 294 g/mol. The molecule has 1 saturated carbocycles. The van der Waals surface area contributed by atoms with Gasteiger partial charge >= 0.3 is 5.97 Å². The summed E-state index contributed by atoms with van der Waals surface area (Å²) in [5.41, 5.74) is 0.0216. The first-order valence-corrected chi connectivity index (χ1v) is 6.57. The number of halogens is 1. The summed E-state index contributed by atoms with van der Waals surface area (Å²) < 4.78 is 5.47. The first kappa shape index (κ1) is 13.0. The monoisotopic (exact) mass is 293 g/mol. The van der Waals surface area contributed by atoms with Gasteiger partial charge in [-0.2, -0.15) is 0 Å². The number of nitrogens with one attached hydrogen (secondary N) is 1. The smallest absolute Gasteiger partial charge is 0.329 e. The predicted octanol–water partition coefficient (Wildman–Crippen LogP) is 1.85. The molecule has 0 saturated heterocycles. The Balaban J connectivity index is 1.81. The normalized spacial score (nSPS) is 18.4. The summed E-state index contributed by atoms with van der Waals surface area (Å²) in [4.78, 5) is 23.2. The van der Waals surface area contributed by atoms with E-state index < -0.39 is 17.4 Å². The molecule has 1 heterocycles. The van der Waals surface area contributed by atoms with Gasteiger partial charge in [-0.3, -0.25) is 4.79 Å². The van der Waals surface area contributed by atoms with E-state index >= 15 is 0 Å². The summed E-state index contributed by atoms with van der Waals surface area (Å²) in [6.07, 6.45) is 2.60. The van der Waals surface area contributed by atoms with Gasteiger partial charge in [-0.25, -0.2) is 4.79 Å². The maximum Gasteiger partial charge on any atom is 0.329 e. The number of amides is 1. The molecule has 1 aromatic carbocycles. The Kier molecular flexibility index (Phi) is 2.94. The summed E-state index contributed by atoms with van der Waals surface area (Å²) in [6.45, 7) is 0.121. The summed E-state index contributed by atoms with van der Waals surface area (Å²) in [7, 11) is 0. The number of fused-ring (bicyclic) bond motifs is 1. The lowest BCUT2D eigenvalue weighted by Gasteiger charge is -2.19. The highest BCUT2D eigenvalue weighted by Gasteiger charge is 2.51. The molecule has 104 valence electrons. The lowest BCUT2D eigenvalue weighted by atomic mass is 10.1. The molecule has 1 aliphatic heterocycles. The largest absolute Gasteiger partial charge is 0.488 e. The standard InChI is InChI=1S/C14H12ClNO4/c15-10-1-2-11-8(6-10)5-9(7-20-11)12(17)16-14(3-4-14)13(18)19/h1-2,5-6H,3-4,7H2,(H,16,17)(H,18,19). The molecule has 0 atom stereocenters. The molecule has 0 bridgehead atoms. The third kappa shape index (κ3) is 2.25. The molecule has 1 fully saturated rings. The Hall–Kier alpha value is -2.01. The maximum atomic E-state index is 12.1. The predicted molar refractivity (Wildman–Crippen MR) is 72.7 cm³/mol. The number of benzene rings is 1. The quantitative estimate of drug-likeness (QED) is 0.892. The lowest BCUT2D eigenvalue weighted by molar-refractivity contribution is -0.142. The lowest BCUT2D eigenvalue weighted by Crippen LogP contribution is -2.44. The minimum Gasteiger partial charge on any atom is -0.488 e. The zero-order valence-corrected chi connectivity index (χ0v) is 11.2. The zero-order chi connectivity index (χ0) is 14.3. The van der Waals surface area contributed by atoms with Crippen LogP contribution in [0.4, 0.5) is 0 Å². The number of ether oxygens (including phenoxy) is 1. The van der Waals surface area contributed by atoms with Gasteiger partial charge in [0.2, 0.25) is 0 Å². The molecule has 0 radical (unpaired) electrons. The molecule has 2 aliphatic rings. The topological polar surface area (TPSA) is 75.6 Å². The highest BCUT2D eigenvalue weighted by Crippen LogP contribution is 2.36. The molecular formula is C14H12ClNO4. The molecule has 0 spiro atoms. The van der Waals surface area contributed by atoms with Crippen LogP contribution >= 0.6 is 11.6 Å². The van der Waals surface area contributed by atoms with E-state index in [1.54, 1.807) is 24.3 Å². The van der Waals surface area contributed by atoms with E-state index in [1.807, 2.05) is 0 Å². The molecule has 1 aromatic rings. The van der Waals surface area contributed by atoms with Gasteiger partial charge in [0.15, 0.2) is 0 Å². The molecule has 6 heteroatoms. The summed E-state index contributed by atoms with van der Waals surface area (Å²) in [6, 6.07) is 5.15. The van der Waals surface area contributed by atoms with Crippen molar-refractivity contribution >= 4 is 29.6 Å². The van der Waals surface area contributed by atoms with Crippen LogP contribution in [0.5, 0.6) is 5.75 Å². The number of carboxylic acid groups (broad SMARTS) is 1. The molecule has 1 amide bonds. The van der Waals surface area contributed by atoms with Crippen LogP contribution < -0.4 is 10.1 Å². The van der Waals surface area contributed by atoms with Crippen LogP contribution in [0.3, 0.4) is 0 Å². The molecule has 0 unspecified atom stereocenters. The molecule has 20 heavy (non-hydrogen) atoms. The number of carboxylic acids is 1. The van der Waals surface area contributed by atoms with Crippen molar-refractivity contribution in [3.05, 3.63) is 34.4 Å². The fraction of sp³-hybridized carbons (Fsp3) is 0.286. The summed E-state index contributed by atoms with van der Waals surface area (Å²) >= 11 is 5.90. The van der Waals surface area contributed by atoms with E-state index in [-0.39, 0.29) is 6.61 Å². The Morgan fingerprint density at radius 2 is 2.10 bits per heavy atom. The van der Waals surface area contributed by atoms with E-state index in [2.05, 4.69) is 5.32 Å². The Bertz CT molecular complexity index is 634. The minimum absolute atomic E-state index is 0.121. The van der Waals surface area contributed by atoms with Gasteiger partial charge in [0.25, 0.3) is 5.91 Å². The minimum atomic E-state index is -1.09. The second-order valence-corrected chi connectivity index (χ2v) is 5.42. The van der Waals surface area contributed by atoms with Gasteiger partial charge in [-0.1, -0.05) is 11.6 Å². The Morgan fingerprint density at radius 1 is 1.35 bits per heavy atom. The van der Waals surface area contributed by atoms with Gasteiger partial charge in [0.1, 0.15) is 17.9 Å². The number of carbonyl (C=O) groups excluding carboxylic acids is 1. The van der Waals surface area contributed by atoms with Crippen LogP contribution in [-0.2, 0) is 9.59 Å². The van der Waals surface area contributed by atoms with Crippen molar-refractivity contribution in [2.45, 2.75) is 18.4 Å². The van der Waals surface area contributed by atoms with E-state index in [0.29, 0.717) is 34.8 Å². The van der Waals surface area contributed by atoms with Crippen molar-refractivity contribution in [3.63, 3.8) is 0 Å². The van der Waals surface area contributed by atoms with Crippen LogP contribution in [0.25, 0.3) is 6.08 Å². The second-order valence-electron chi connectivity index (χ2n) is 4.98. The van der Waals surface area contributed by atoms with Gasteiger partial charge in [-0.15, -0.1) is 0 Å². The van der Waals surface area contributed by atoms with E-state index in [1.165, 1.54) is 0 Å². The van der Waals surface area contributed by atoms with E-state index in [9.17, 15) is 9.59 Å². The average Bonchev–Trinajstić information content (AvgIpc) is 3.18. The fourth-order valence-corrected chi connectivity index (χ4v) is 2.28. The van der Waals surface area contributed by atoms with Crippen molar-refractivity contribution in [2.24, 2.45) is 0 Å². The van der Waals surface area contributed by atoms with Gasteiger partial charge < -0.3 is 15.2 Å². The van der Waals surface area contributed by atoms with E-state index in [0.717, 1.165) is 0 Å². The number of hydrogen-bond acceptors (Lipinski definition) is 3. The first-order chi connectivity index (χ1) is 9.50. The first-order valence-electron chi connectivity index (χ1n) is 6.19. The second kappa shape index (κ2) is 4.52. The van der Waals surface area contributed by atoms with Crippen molar-refractivity contribution in [1.29, 1.82) is 0 Å². The van der Waals surface area contributed by atoms with Crippen molar-refractivity contribution in [2.75, 3.05) is 6.61 Å². The third-order valence-corrected chi connectivity index (χ3v) is 3.72. The SMILES string of the molecule is O=C(NC1(C(=O)O)CC1)C1=Cc2cc(Cl)ccc2OC1. The van der Waals surface area contributed by atoms with Crippen molar-refractivity contribution in [1.82, 2.24) is 5.32 Å². The molecular weight excluding hydrogens is 282 g/mol. The highest BCUT2D eigenvalue weighted by atomic mass is 35.5. The molecule has 0 aromatic heterocycles. The molecule has 3 rings (SSSR count). The van der Waals surface area contributed by atoms with Crippen LogP contribution in [0.2, 0.25) is 5.02 Å². The molecule has 5 nitrogen and oxygen atoms in total. The van der Waals surface area contributed by atoms with E-state index in [4.69, 9.17) is 21.4 Å². The Labute approximate surface area is 120 Å². The van der Waals surface area contributed by atoms with Crippen LogP contribution in [0, 0.1) is 0 Å². The van der Waals surface area contributed by atoms with Crippen LogP contribution in [0.15, 0.2) is 23.8 Å². The van der Waals surface area contributed by atoms with Gasteiger partial charge in [-0.05, 0) is 37.1 Å². The number of aliphatic carboxylic acids is 1. The molecule has 1 aliphatic carbocycles. The number of hydrogen-bond donors (Lipinski definition) is 2. The van der Waals surface area contributed by atoms with Crippen LogP contribution in [-0.4, -0.2) is 29.1 Å². The fourth-order valence-electron chi connectivity index (χ4n) is 2.09. The highest BCUT2D eigenvalue weighted by molar-refractivity contribution is 6.30. The number of carbonyl (C=O) groups is 2. The van der Waals surface area contributed by atoms with Crippen molar-refractivity contribution < 1.29 is 19.4 Å².